The number of fused-ring (bicyclic) bond motifs is 2. The van der Waals surface area contributed by atoms with Crippen LogP contribution in [0, 0.1) is 0 Å². The van der Waals surface area contributed by atoms with Crippen molar-refractivity contribution in [3.8, 4) is 22.1 Å². The standard InChI is InChI=1S/C22H14ClN3O3S2/c23-15-10-13(6-7-14(15)21-25-16-3-1-2-4-19(16)31-21)24-22(30)26-20(27)12-5-8-17-18(9-12)29-11-28-17/h1-10H,11H2,(H2,24,26,27,30). The van der Waals surface area contributed by atoms with Crippen LogP contribution in [0.25, 0.3) is 20.8 Å². The van der Waals surface area contributed by atoms with E-state index in [2.05, 4.69) is 15.6 Å². The first-order valence-corrected chi connectivity index (χ1v) is 10.8. The first-order valence-electron chi connectivity index (χ1n) is 9.24. The molecule has 3 aromatic carbocycles. The summed E-state index contributed by atoms with van der Waals surface area (Å²) in [6.07, 6.45) is 0. The lowest BCUT2D eigenvalue weighted by atomic mass is 10.2. The van der Waals surface area contributed by atoms with Gasteiger partial charge >= 0.3 is 0 Å². The van der Waals surface area contributed by atoms with Crippen LogP contribution in [0.4, 0.5) is 5.69 Å². The van der Waals surface area contributed by atoms with Gasteiger partial charge in [0.2, 0.25) is 6.79 Å². The lowest BCUT2D eigenvalue weighted by Gasteiger charge is -2.11. The van der Waals surface area contributed by atoms with Crippen LogP contribution in [-0.4, -0.2) is 22.8 Å². The molecule has 0 unspecified atom stereocenters. The third-order valence-corrected chi connectivity index (χ3v) is 6.20. The van der Waals surface area contributed by atoms with Crippen molar-refractivity contribution >= 4 is 62.1 Å². The van der Waals surface area contributed by atoms with Crippen LogP contribution in [0.5, 0.6) is 11.5 Å². The number of amides is 1. The molecule has 2 N–H and O–H groups in total. The average Bonchev–Trinajstić information content (AvgIpc) is 3.39. The second-order valence-corrected chi connectivity index (χ2v) is 8.50. The van der Waals surface area contributed by atoms with Crippen molar-refractivity contribution in [2.45, 2.75) is 0 Å². The highest BCUT2D eigenvalue weighted by Crippen LogP contribution is 2.35. The maximum absolute atomic E-state index is 12.5. The molecule has 1 aromatic heterocycles. The molecule has 1 aliphatic heterocycles. The van der Waals surface area contributed by atoms with E-state index in [1.165, 1.54) is 0 Å². The maximum Gasteiger partial charge on any atom is 0.257 e. The highest BCUT2D eigenvalue weighted by molar-refractivity contribution is 7.80. The van der Waals surface area contributed by atoms with Gasteiger partial charge in [-0.25, -0.2) is 4.98 Å². The average molecular weight is 468 g/mol. The zero-order valence-electron chi connectivity index (χ0n) is 15.8. The number of thiazole rings is 1. The fourth-order valence-electron chi connectivity index (χ4n) is 3.13. The fourth-order valence-corrected chi connectivity index (χ4v) is 4.67. The van der Waals surface area contributed by atoms with E-state index >= 15 is 0 Å². The van der Waals surface area contributed by atoms with E-state index in [4.69, 9.17) is 33.3 Å². The predicted molar refractivity (Wildman–Crippen MR) is 126 cm³/mol. The monoisotopic (exact) mass is 467 g/mol. The van der Waals surface area contributed by atoms with Gasteiger partial charge in [0.25, 0.3) is 5.91 Å². The van der Waals surface area contributed by atoms with E-state index in [-0.39, 0.29) is 17.8 Å². The molecule has 9 heteroatoms. The molecule has 6 nitrogen and oxygen atoms in total. The molecule has 154 valence electrons. The Morgan fingerprint density at radius 1 is 1.06 bits per heavy atom. The van der Waals surface area contributed by atoms with Gasteiger partial charge in [0.1, 0.15) is 5.01 Å². The van der Waals surface area contributed by atoms with E-state index in [0.717, 1.165) is 20.8 Å². The molecular formula is C22H14ClN3O3S2. The van der Waals surface area contributed by atoms with Crippen LogP contribution in [0.15, 0.2) is 60.7 Å². The molecule has 1 aliphatic rings. The van der Waals surface area contributed by atoms with Crippen LogP contribution < -0.4 is 20.1 Å². The topological polar surface area (TPSA) is 72.5 Å². The second kappa shape index (κ2) is 8.14. The van der Waals surface area contributed by atoms with Gasteiger partial charge in [-0.1, -0.05) is 23.7 Å². The minimum Gasteiger partial charge on any atom is -0.454 e. The molecule has 1 amide bonds. The number of rotatable bonds is 3. The first kappa shape index (κ1) is 19.7. The summed E-state index contributed by atoms with van der Waals surface area (Å²) in [5, 5.41) is 7.17. The molecule has 4 aromatic rings. The summed E-state index contributed by atoms with van der Waals surface area (Å²) in [5.41, 5.74) is 2.85. The number of para-hydroxylation sites is 1. The molecule has 0 atom stereocenters. The number of aromatic nitrogens is 1. The van der Waals surface area contributed by atoms with Crippen LogP contribution in [0.3, 0.4) is 0 Å². The number of anilines is 1. The van der Waals surface area contributed by atoms with Gasteiger partial charge in [0.05, 0.1) is 15.2 Å². The normalized spacial score (nSPS) is 12.0. The van der Waals surface area contributed by atoms with Gasteiger partial charge in [0.15, 0.2) is 16.6 Å². The summed E-state index contributed by atoms with van der Waals surface area (Å²) in [7, 11) is 0. The third-order valence-electron chi connectivity index (χ3n) is 4.61. The van der Waals surface area contributed by atoms with Gasteiger partial charge in [-0.15, -0.1) is 11.3 Å². The maximum atomic E-state index is 12.5. The van der Waals surface area contributed by atoms with Gasteiger partial charge < -0.3 is 14.8 Å². The molecule has 5 rings (SSSR count). The largest absolute Gasteiger partial charge is 0.454 e. The van der Waals surface area contributed by atoms with E-state index in [0.29, 0.717) is 27.8 Å². The van der Waals surface area contributed by atoms with E-state index in [1.807, 2.05) is 36.4 Å². The summed E-state index contributed by atoms with van der Waals surface area (Å²) in [6, 6.07) is 18.4. The number of halogens is 1. The molecule has 0 spiro atoms. The number of carbonyl (C=O) groups is 1. The molecule has 2 heterocycles. The van der Waals surface area contributed by atoms with E-state index in [9.17, 15) is 4.79 Å². The number of nitrogens with zero attached hydrogens (tertiary/aromatic N) is 1. The van der Waals surface area contributed by atoms with Crippen LogP contribution in [0.2, 0.25) is 5.02 Å². The lowest BCUT2D eigenvalue weighted by molar-refractivity contribution is 0.0977. The molecule has 0 saturated carbocycles. The minimum atomic E-state index is -0.354. The summed E-state index contributed by atoms with van der Waals surface area (Å²) in [6.45, 7) is 0.147. The van der Waals surface area contributed by atoms with Gasteiger partial charge in [0, 0.05) is 16.8 Å². The second-order valence-electron chi connectivity index (χ2n) is 6.66. The highest BCUT2D eigenvalue weighted by atomic mass is 35.5. The van der Waals surface area contributed by atoms with E-state index < -0.39 is 0 Å². The smallest absolute Gasteiger partial charge is 0.257 e. The number of thiocarbonyl (C=S) groups is 1. The summed E-state index contributed by atoms with van der Waals surface area (Å²) in [4.78, 5) is 17.1. The van der Waals surface area contributed by atoms with Crippen LogP contribution in [0.1, 0.15) is 10.4 Å². The number of carbonyl (C=O) groups excluding carboxylic acids is 1. The SMILES string of the molecule is O=C(NC(=S)Nc1ccc(-c2nc3ccccc3s2)c(Cl)c1)c1ccc2c(c1)OCO2. The van der Waals surface area contributed by atoms with Gasteiger partial charge in [-0.05, 0) is 60.7 Å². The molecular weight excluding hydrogens is 454 g/mol. The van der Waals surface area contributed by atoms with Gasteiger partial charge in [-0.2, -0.15) is 0 Å². The Morgan fingerprint density at radius 3 is 2.74 bits per heavy atom. The minimum absolute atomic E-state index is 0.147. The number of hydrogen-bond donors (Lipinski definition) is 2. The highest BCUT2D eigenvalue weighted by Gasteiger charge is 2.17. The summed E-state index contributed by atoms with van der Waals surface area (Å²) in [5.74, 6) is 0.789. The van der Waals surface area contributed by atoms with Crippen molar-refractivity contribution in [1.29, 1.82) is 0 Å². The number of benzene rings is 3. The van der Waals surface area contributed by atoms with E-state index in [1.54, 1.807) is 35.6 Å². The number of nitrogens with one attached hydrogen (secondary N) is 2. The third kappa shape index (κ3) is 4.05. The molecule has 31 heavy (non-hydrogen) atoms. The number of ether oxygens (including phenoxy) is 2. The zero-order chi connectivity index (χ0) is 21.4. The Labute approximate surface area is 191 Å². The Kier molecular flexibility index (Phi) is 5.19. The Bertz CT molecular complexity index is 1310. The van der Waals surface area contributed by atoms with Gasteiger partial charge in [-0.3, -0.25) is 10.1 Å². The summed E-state index contributed by atoms with van der Waals surface area (Å²) >= 11 is 13.4. The first-order chi connectivity index (χ1) is 15.1. The Hall–Kier alpha value is -3.20. The van der Waals surface area contributed by atoms with Crippen molar-refractivity contribution < 1.29 is 14.3 Å². The van der Waals surface area contributed by atoms with Crippen molar-refractivity contribution in [2.24, 2.45) is 0 Å². The van der Waals surface area contributed by atoms with Crippen molar-refractivity contribution in [3.63, 3.8) is 0 Å². The zero-order valence-corrected chi connectivity index (χ0v) is 18.2. The van der Waals surface area contributed by atoms with Crippen LogP contribution >= 0.6 is 35.2 Å². The van der Waals surface area contributed by atoms with Crippen LogP contribution in [-0.2, 0) is 0 Å². The quantitative estimate of drug-likeness (QED) is 0.389. The summed E-state index contributed by atoms with van der Waals surface area (Å²) < 4.78 is 11.7. The van der Waals surface area contributed by atoms with Crippen molar-refractivity contribution in [1.82, 2.24) is 10.3 Å². The predicted octanol–water partition coefficient (Wildman–Crippen LogP) is 5.47. The molecule has 0 radical (unpaired) electrons. The van der Waals surface area contributed by atoms with Crippen molar-refractivity contribution in [3.05, 3.63) is 71.2 Å². The Morgan fingerprint density at radius 2 is 1.90 bits per heavy atom. The molecule has 0 bridgehead atoms. The molecule has 0 fully saturated rings. The molecule has 0 aliphatic carbocycles. The van der Waals surface area contributed by atoms with Crippen molar-refractivity contribution in [2.75, 3.05) is 12.1 Å². The fraction of sp³-hybridized carbons (Fsp3) is 0.0455. The Balaban J connectivity index is 1.28. The lowest BCUT2D eigenvalue weighted by Crippen LogP contribution is -2.34. The number of hydrogen-bond acceptors (Lipinski definition) is 6. The molecule has 0 saturated heterocycles.